The predicted octanol–water partition coefficient (Wildman–Crippen LogP) is 12.9. The summed E-state index contributed by atoms with van der Waals surface area (Å²) in [6.07, 6.45) is 53.9. The second-order valence-corrected chi connectivity index (χ2v) is 12.9. The zero-order valence-corrected chi connectivity index (χ0v) is 33.5. The highest BCUT2D eigenvalue weighted by molar-refractivity contribution is 5.72. The summed E-state index contributed by atoms with van der Waals surface area (Å²) in [7, 11) is 0. The molecule has 0 N–H and O–H groups in total. The molecule has 0 aliphatic heterocycles. The van der Waals surface area contributed by atoms with Gasteiger partial charge in [-0.05, 0) is 70.6 Å². The van der Waals surface area contributed by atoms with Crippen LogP contribution in [0.3, 0.4) is 0 Å². The molecule has 0 aromatic heterocycles. The molecule has 0 aliphatic carbocycles. The molecule has 0 aliphatic rings. The van der Waals surface area contributed by atoms with Gasteiger partial charge in [0.05, 0.1) is 6.42 Å². The van der Waals surface area contributed by atoms with Crippen LogP contribution in [0.4, 0.5) is 0 Å². The maximum absolute atomic E-state index is 12.7. The van der Waals surface area contributed by atoms with Crippen LogP contribution in [0, 0.1) is 0 Å². The zero-order valence-electron chi connectivity index (χ0n) is 33.5. The number of allylic oxidation sites excluding steroid dienone is 17. The Labute approximate surface area is 323 Å². The van der Waals surface area contributed by atoms with Gasteiger partial charge in [0.1, 0.15) is 13.2 Å². The number of carbonyl (C=O) groups excluding carboxylic acids is 3. The topological polar surface area (TPSA) is 78.9 Å². The van der Waals surface area contributed by atoms with Crippen molar-refractivity contribution in [2.75, 3.05) is 13.2 Å². The van der Waals surface area contributed by atoms with Crippen LogP contribution in [-0.4, -0.2) is 37.2 Å². The lowest BCUT2D eigenvalue weighted by atomic mass is 10.1. The standard InChI is InChI=1S/C47H72O6/c1-4-7-10-13-16-19-21-23-25-28-31-34-37-40-46(49)52-43-44(42-51-45(48)39-36-33-30-27-18-15-12-9-6-3)53-47(50)41-38-35-32-29-26-24-22-20-17-14-11-8-5-2/h7-14,16-22,27,33,36,44H,4-6,15,23-26,28-32,34-35,37-43H2,1-3H3/b10-7-,11-8-,12-9-,16-13-,17-14-,21-19-,22-20-,27-18-,36-33-. The molecule has 0 aromatic rings. The van der Waals surface area contributed by atoms with E-state index in [1.165, 1.54) is 0 Å². The third-order valence-corrected chi connectivity index (χ3v) is 7.91. The molecular weight excluding hydrogens is 661 g/mol. The summed E-state index contributed by atoms with van der Waals surface area (Å²) in [4.78, 5) is 37.5. The first-order valence-electron chi connectivity index (χ1n) is 20.5. The Morgan fingerprint density at radius 1 is 0.415 bits per heavy atom. The molecule has 0 aromatic carbocycles. The Hall–Kier alpha value is -3.93. The van der Waals surface area contributed by atoms with Crippen LogP contribution in [0.25, 0.3) is 0 Å². The Morgan fingerprint density at radius 3 is 1.36 bits per heavy atom. The summed E-state index contributed by atoms with van der Waals surface area (Å²) in [6, 6.07) is 0. The third-order valence-electron chi connectivity index (χ3n) is 7.91. The molecule has 0 heterocycles. The summed E-state index contributed by atoms with van der Waals surface area (Å²) in [5.41, 5.74) is 0. The number of rotatable bonds is 34. The molecule has 6 nitrogen and oxygen atoms in total. The van der Waals surface area contributed by atoms with Crippen molar-refractivity contribution in [3.63, 3.8) is 0 Å². The molecule has 0 radical (unpaired) electrons. The molecule has 0 rings (SSSR count). The Kier molecular flexibility index (Phi) is 37.8. The van der Waals surface area contributed by atoms with E-state index in [0.717, 1.165) is 109 Å². The van der Waals surface area contributed by atoms with Crippen molar-refractivity contribution in [1.29, 1.82) is 0 Å². The SMILES string of the molecule is CC\C=C/C=C\C=C/CCCCCCCC(=O)OCC(COC(=O)C/C=C\C/C=C\C/C=C\CC)OC(=O)CCCCCCC\C=C/C=C\C=C/CC. The minimum absolute atomic E-state index is 0.122. The summed E-state index contributed by atoms with van der Waals surface area (Å²) in [5, 5.41) is 0. The quantitative estimate of drug-likeness (QED) is 0.0215. The summed E-state index contributed by atoms with van der Waals surface area (Å²) >= 11 is 0. The summed E-state index contributed by atoms with van der Waals surface area (Å²) in [6.45, 7) is 6.07. The van der Waals surface area contributed by atoms with Gasteiger partial charge in [0.2, 0.25) is 0 Å². The minimum Gasteiger partial charge on any atom is -0.462 e. The normalized spacial score (nSPS) is 13.2. The molecular formula is C47H72O6. The second-order valence-electron chi connectivity index (χ2n) is 12.9. The van der Waals surface area contributed by atoms with Crippen molar-refractivity contribution >= 4 is 17.9 Å². The van der Waals surface area contributed by atoms with Crippen LogP contribution in [-0.2, 0) is 28.6 Å². The molecule has 0 spiro atoms. The number of hydrogen-bond donors (Lipinski definition) is 0. The lowest BCUT2D eigenvalue weighted by Gasteiger charge is -2.18. The van der Waals surface area contributed by atoms with Crippen molar-refractivity contribution in [1.82, 2.24) is 0 Å². The van der Waals surface area contributed by atoms with Crippen molar-refractivity contribution in [3.05, 3.63) is 109 Å². The molecule has 0 amide bonds. The maximum Gasteiger partial charge on any atom is 0.309 e. The summed E-state index contributed by atoms with van der Waals surface area (Å²) in [5.74, 6) is -1.11. The van der Waals surface area contributed by atoms with Gasteiger partial charge in [-0.25, -0.2) is 0 Å². The number of carbonyl (C=O) groups is 3. The molecule has 1 unspecified atom stereocenters. The van der Waals surface area contributed by atoms with Gasteiger partial charge in [-0.1, -0.05) is 169 Å². The van der Waals surface area contributed by atoms with Crippen LogP contribution >= 0.6 is 0 Å². The van der Waals surface area contributed by atoms with Gasteiger partial charge in [0.15, 0.2) is 6.10 Å². The fourth-order valence-corrected chi connectivity index (χ4v) is 4.91. The van der Waals surface area contributed by atoms with Crippen LogP contribution in [0.2, 0.25) is 0 Å². The molecule has 53 heavy (non-hydrogen) atoms. The Balaban J connectivity index is 4.55. The first-order chi connectivity index (χ1) is 26.0. The second kappa shape index (κ2) is 40.8. The Bertz CT molecular complexity index is 1160. The lowest BCUT2D eigenvalue weighted by Crippen LogP contribution is -2.30. The smallest absolute Gasteiger partial charge is 0.309 e. The number of ether oxygens (including phenoxy) is 3. The highest BCUT2D eigenvalue weighted by Gasteiger charge is 2.19. The molecule has 0 fully saturated rings. The molecule has 1 atom stereocenters. The molecule has 296 valence electrons. The Morgan fingerprint density at radius 2 is 0.830 bits per heavy atom. The highest BCUT2D eigenvalue weighted by Crippen LogP contribution is 2.11. The van der Waals surface area contributed by atoms with Crippen molar-refractivity contribution in [2.45, 2.75) is 155 Å². The third kappa shape index (κ3) is 39.1. The van der Waals surface area contributed by atoms with Crippen LogP contribution in [0.5, 0.6) is 0 Å². The highest BCUT2D eigenvalue weighted by atomic mass is 16.6. The van der Waals surface area contributed by atoms with Crippen LogP contribution < -0.4 is 0 Å². The first-order valence-corrected chi connectivity index (χ1v) is 20.5. The fourth-order valence-electron chi connectivity index (χ4n) is 4.91. The van der Waals surface area contributed by atoms with E-state index < -0.39 is 12.1 Å². The van der Waals surface area contributed by atoms with Gasteiger partial charge < -0.3 is 14.2 Å². The molecule has 0 saturated heterocycles. The molecule has 6 heteroatoms. The number of unbranched alkanes of at least 4 members (excludes halogenated alkanes) is 10. The van der Waals surface area contributed by atoms with Gasteiger partial charge in [0, 0.05) is 12.8 Å². The first kappa shape index (κ1) is 49.1. The van der Waals surface area contributed by atoms with Crippen molar-refractivity contribution < 1.29 is 28.6 Å². The van der Waals surface area contributed by atoms with E-state index in [1.54, 1.807) is 6.08 Å². The van der Waals surface area contributed by atoms with E-state index in [0.29, 0.717) is 6.42 Å². The van der Waals surface area contributed by atoms with Gasteiger partial charge in [-0.3, -0.25) is 14.4 Å². The van der Waals surface area contributed by atoms with Crippen molar-refractivity contribution in [2.24, 2.45) is 0 Å². The average Bonchev–Trinajstić information content (AvgIpc) is 3.15. The minimum atomic E-state index is -0.831. The van der Waals surface area contributed by atoms with Crippen molar-refractivity contribution in [3.8, 4) is 0 Å². The van der Waals surface area contributed by atoms with Gasteiger partial charge in [-0.2, -0.15) is 0 Å². The molecule has 0 saturated carbocycles. The molecule has 0 bridgehead atoms. The number of hydrogen-bond acceptors (Lipinski definition) is 6. The van der Waals surface area contributed by atoms with E-state index in [9.17, 15) is 14.4 Å². The van der Waals surface area contributed by atoms with E-state index in [-0.39, 0.29) is 38.0 Å². The monoisotopic (exact) mass is 733 g/mol. The zero-order chi connectivity index (χ0) is 38.7. The predicted molar refractivity (Wildman–Crippen MR) is 223 cm³/mol. The van der Waals surface area contributed by atoms with E-state index in [1.807, 2.05) is 24.3 Å². The van der Waals surface area contributed by atoms with Crippen LogP contribution in [0.1, 0.15) is 149 Å². The largest absolute Gasteiger partial charge is 0.462 e. The summed E-state index contributed by atoms with van der Waals surface area (Å²) < 4.78 is 16.5. The van der Waals surface area contributed by atoms with Crippen LogP contribution in [0.15, 0.2) is 109 Å². The van der Waals surface area contributed by atoms with Gasteiger partial charge in [0.25, 0.3) is 0 Å². The average molecular weight is 733 g/mol. The van der Waals surface area contributed by atoms with E-state index in [4.69, 9.17) is 14.2 Å². The van der Waals surface area contributed by atoms with E-state index >= 15 is 0 Å². The van der Waals surface area contributed by atoms with E-state index in [2.05, 4.69) is 99.8 Å². The van der Waals surface area contributed by atoms with Gasteiger partial charge in [-0.15, -0.1) is 0 Å². The van der Waals surface area contributed by atoms with Gasteiger partial charge >= 0.3 is 17.9 Å². The lowest BCUT2D eigenvalue weighted by molar-refractivity contribution is -0.166. The fraction of sp³-hybridized carbons (Fsp3) is 0.553. The number of esters is 3. The maximum atomic E-state index is 12.7.